The Hall–Kier alpha value is -0.550. The first-order valence-corrected chi connectivity index (χ1v) is 1.89. The summed E-state index contributed by atoms with van der Waals surface area (Å²) >= 11 is 0. The molecule has 0 bridgehead atoms. The fourth-order valence-electron chi connectivity index (χ4n) is 0.105. The van der Waals surface area contributed by atoms with Gasteiger partial charge >= 0.3 is 6.23 Å². The fourth-order valence-corrected chi connectivity index (χ4v) is 0.105. The number of hydrogen-bond donors (Lipinski definition) is 1. The van der Waals surface area contributed by atoms with Crippen molar-refractivity contribution >= 4 is 0 Å². The summed E-state index contributed by atoms with van der Waals surface area (Å²) in [7, 11) is 0. The predicted octanol–water partition coefficient (Wildman–Crippen LogP) is 0.677. The molecule has 0 heterocycles. The lowest BCUT2D eigenvalue weighted by molar-refractivity contribution is 0.217. The molecule has 0 rings (SSSR count). The Kier molecular flexibility index (Phi) is 2.43. The fraction of sp³-hybridized carbons (Fsp3) is 0.750. The smallest absolute Gasteiger partial charge is 0.323 e. The summed E-state index contributed by atoms with van der Waals surface area (Å²) in [5.41, 5.74) is 0. The van der Waals surface area contributed by atoms with Crippen molar-refractivity contribution in [1.29, 1.82) is 0 Å². The van der Waals surface area contributed by atoms with Crippen molar-refractivity contribution in [1.82, 2.24) is 0 Å². The molecule has 2 heteroatoms. The van der Waals surface area contributed by atoms with Crippen LogP contribution in [-0.2, 0) is 0 Å². The maximum absolute atomic E-state index is 8.38. The summed E-state index contributed by atoms with van der Waals surface area (Å²) in [4.78, 5) is 3.06. The molecule has 0 aromatic heterocycles. The molecular formula is C4H8NO+. The summed E-state index contributed by atoms with van der Waals surface area (Å²) in [5, 5.41) is 8.38. The molecule has 2 nitrogen and oxygen atoms in total. The van der Waals surface area contributed by atoms with Crippen LogP contribution in [-0.4, -0.2) is 11.3 Å². The van der Waals surface area contributed by atoms with Crippen molar-refractivity contribution in [3.8, 4) is 6.57 Å². The van der Waals surface area contributed by atoms with E-state index in [4.69, 9.17) is 5.11 Å². The number of aliphatic hydroxyl groups excluding tert-OH is 1. The van der Waals surface area contributed by atoms with Gasteiger partial charge in [0.05, 0.1) is 6.42 Å². The average Bonchev–Trinajstić information content (AvgIpc) is 1.65. The van der Waals surface area contributed by atoms with Gasteiger partial charge in [-0.2, -0.15) is 0 Å². The van der Waals surface area contributed by atoms with Crippen LogP contribution in [0.3, 0.4) is 0 Å². The molecule has 1 unspecified atom stereocenters. The summed E-state index contributed by atoms with van der Waals surface area (Å²) < 4.78 is 0. The molecule has 1 atom stereocenters. The number of hydrogen-bond acceptors (Lipinski definition) is 1. The lowest BCUT2D eigenvalue weighted by Gasteiger charge is -1.77. The quantitative estimate of drug-likeness (QED) is 0.498. The number of nitrogens with zero attached hydrogens (tertiary/aromatic N) is 1. The second-order valence-electron chi connectivity index (χ2n) is 1.04. The van der Waals surface area contributed by atoms with E-state index in [-0.39, 0.29) is 0 Å². The van der Waals surface area contributed by atoms with Crippen molar-refractivity contribution in [3.05, 3.63) is 4.85 Å². The van der Waals surface area contributed by atoms with Crippen molar-refractivity contribution in [2.45, 2.75) is 19.6 Å². The Morgan fingerprint density at radius 3 is 2.50 bits per heavy atom. The molecule has 0 saturated carbocycles. The predicted molar refractivity (Wildman–Crippen MR) is 24.6 cm³/mol. The molecule has 0 saturated heterocycles. The first kappa shape index (κ1) is 5.45. The van der Waals surface area contributed by atoms with Crippen LogP contribution in [0.5, 0.6) is 0 Å². The summed E-state index contributed by atoms with van der Waals surface area (Å²) in [6.07, 6.45) is -0.0683. The van der Waals surface area contributed by atoms with Gasteiger partial charge in [0, 0.05) is 0 Å². The van der Waals surface area contributed by atoms with Gasteiger partial charge in [0.1, 0.15) is 0 Å². The van der Waals surface area contributed by atoms with Crippen molar-refractivity contribution in [2.75, 3.05) is 0 Å². The highest BCUT2D eigenvalue weighted by molar-refractivity contribution is 4.68. The normalized spacial score (nSPS) is 12.8. The molecule has 6 heavy (non-hydrogen) atoms. The zero-order valence-electron chi connectivity index (χ0n) is 3.76. The van der Waals surface area contributed by atoms with Gasteiger partial charge in [-0.05, 0) is 0 Å². The third-order valence-corrected chi connectivity index (χ3v) is 0.537. The average molecular weight is 86.1 g/mol. The minimum absolute atomic E-state index is 0.594. The maximum atomic E-state index is 8.38. The topological polar surface area (TPSA) is 24.6 Å². The second-order valence-corrected chi connectivity index (χ2v) is 1.04. The van der Waals surface area contributed by atoms with Crippen LogP contribution in [0.15, 0.2) is 0 Å². The van der Waals surface area contributed by atoms with E-state index in [2.05, 4.69) is 11.4 Å². The molecule has 0 aliphatic rings. The largest absolute Gasteiger partial charge is 0.373 e. The first-order chi connectivity index (χ1) is 2.81. The van der Waals surface area contributed by atoms with Gasteiger partial charge in [-0.3, -0.25) is 0 Å². The summed E-state index contributed by atoms with van der Waals surface area (Å²) in [6, 6.07) is 0. The van der Waals surface area contributed by atoms with Gasteiger partial charge < -0.3 is 5.11 Å². The van der Waals surface area contributed by atoms with Gasteiger partial charge in [0.2, 0.25) is 0 Å². The first-order valence-electron chi connectivity index (χ1n) is 1.89. The molecule has 1 N–H and O–H groups in total. The molecule has 0 aliphatic carbocycles. The lowest BCUT2D eigenvalue weighted by atomic mass is 10.4. The van der Waals surface area contributed by atoms with Gasteiger partial charge in [-0.25, -0.2) is 0 Å². The molecule has 0 aromatic carbocycles. The zero-order valence-corrected chi connectivity index (χ0v) is 3.76. The SMILES string of the molecule is C#[N+]C(O)CC. The van der Waals surface area contributed by atoms with E-state index >= 15 is 0 Å². The van der Waals surface area contributed by atoms with Crippen LogP contribution in [0.25, 0.3) is 4.85 Å². The van der Waals surface area contributed by atoms with Gasteiger partial charge in [0.15, 0.2) is 0 Å². The van der Waals surface area contributed by atoms with E-state index in [1.165, 1.54) is 0 Å². The second kappa shape index (κ2) is 2.67. The highest BCUT2D eigenvalue weighted by atomic mass is 16.3. The molecule has 0 radical (unpaired) electrons. The molecule has 0 amide bonds. The summed E-state index contributed by atoms with van der Waals surface area (Å²) in [6.45, 7) is 6.46. The van der Waals surface area contributed by atoms with Crippen LogP contribution >= 0.6 is 0 Å². The highest BCUT2D eigenvalue weighted by Gasteiger charge is 2.01. The van der Waals surface area contributed by atoms with E-state index in [0.717, 1.165) is 0 Å². The molecular weight excluding hydrogens is 78.0 g/mol. The molecule has 0 aliphatic heterocycles. The van der Waals surface area contributed by atoms with E-state index in [0.29, 0.717) is 6.42 Å². The standard InChI is InChI=1S/C4H8NO/c1-3-4(6)5-2/h2,4,6H,3H2,1H3/q+1. The van der Waals surface area contributed by atoms with Crippen LogP contribution in [0, 0.1) is 6.57 Å². The van der Waals surface area contributed by atoms with Crippen molar-refractivity contribution in [3.63, 3.8) is 0 Å². The summed E-state index contributed by atoms with van der Waals surface area (Å²) in [5.74, 6) is 0. The van der Waals surface area contributed by atoms with Gasteiger partial charge in [0.25, 0.3) is 6.57 Å². The molecule has 0 spiro atoms. The zero-order chi connectivity index (χ0) is 4.99. The Labute approximate surface area is 37.2 Å². The Morgan fingerprint density at radius 2 is 2.50 bits per heavy atom. The van der Waals surface area contributed by atoms with E-state index < -0.39 is 6.23 Å². The minimum atomic E-state index is -0.662. The van der Waals surface area contributed by atoms with E-state index in [1.54, 1.807) is 6.92 Å². The van der Waals surface area contributed by atoms with E-state index in [9.17, 15) is 0 Å². The van der Waals surface area contributed by atoms with E-state index in [1.807, 2.05) is 0 Å². The lowest BCUT2D eigenvalue weighted by Crippen LogP contribution is -1.93. The maximum Gasteiger partial charge on any atom is 0.373 e. The Morgan fingerprint density at radius 1 is 2.00 bits per heavy atom. The third-order valence-electron chi connectivity index (χ3n) is 0.537. The van der Waals surface area contributed by atoms with Crippen LogP contribution in [0.1, 0.15) is 13.3 Å². The number of aliphatic hydroxyl groups is 1. The van der Waals surface area contributed by atoms with Crippen molar-refractivity contribution < 1.29 is 5.11 Å². The third kappa shape index (κ3) is 1.74. The van der Waals surface area contributed by atoms with Crippen LogP contribution < -0.4 is 0 Å². The Bertz CT molecular complexity index is 64.4. The van der Waals surface area contributed by atoms with Crippen LogP contribution in [0.4, 0.5) is 0 Å². The van der Waals surface area contributed by atoms with Gasteiger partial charge in [-0.1, -0.05) is 11.8 Å². The number of rotatable bonds is 1. The highest BCUT2D eigenvalue weighted by Crippen LogP contribution is 1.86. The molecule has 34 valence electrons. The van der Waals surface area contributed by atoms with Crippen molar-refractivity contribution in [2.24, 2.45) is 0 Å². The molecule has 0 fully saturated rings. The Balaban J connectivity index is 3.04. The van der Waals surface area contributed by atoms with Gasteiger partial charge in [-0.15, -0.1) is 0 Å². The monoisotopic (exact) mass is 86.1 g/mol. The van der Waals surface area contributed by atoms with Crippen LogP contribution in [0.2, 0.25) is 0 Å². The minimum Gasteiger partial charge on any atom is -0.323 e. The molecule has 0 aromatic rings.